The van der Waals surface area contributed by atoms with Crippen LogP contribution >= 0.6 is 0 Å². The SMILES string of the molecule is CCCCC1=CC([SiH2]C2C(C)=Cc3c(-c4ccc(C(C)(C)C)cc4)cccc32)C(C)=C1. The predicted molar refractivity (Wildman–Crippen MR) is 141 cm³/mol. The van der Waals surface area contributed by atoms with Crippen molar-refractivity contribution in [2.24, 2.45) is 0 Å². The monoisotopic (exact) mass is 426 g/mol. The topological polar surface area (TPSA) is 0 Å². The van der Waals surface area contributed by atoms with E-state index in [9.17, 15) is 0 Å². The van der Waals surface area contributed by atoms with E-state index >= 15 is 0 Å². The molecule has 0 amide bonds. The van der Waals surface area contributed by atoms with Crippen LogP contribution < -0.4 is 0 Å². The Hall–Kier alpha value is -2.12. The number of benzene rings is 2. The molecule has 2 aliphatic rings. The second-order valence-electron chi connectivity index (χ2n) is 10.7. The van der Waals surface area contributed by atoms with Crippen molar-refractivity contribution in [3.8, 4) is 11.1 Å². The van der Waals surface area contributed by atoms with Crippen molar-refractivity contribution in [3.63, 3.8) is 0 Å². The largest absolute Gasteiger partial charge is 0.0775 e. The van der Waals surface area contributed by atoms with Gasteiger partial charge in [0, 0.05) is 9.52 Å². The molecule has 2 aromatic rings. The molecule has 1 heteroatoms. The third-order valence-electron chi connectivity index (χ3n) is 7.22. The molecule has 0 aliphatic heterocycles. The molecule has 0 aromatic heterocycles. The van der Waals surface area contributed by atoms with Crippen LogP contribution in [0.15, 0.2) is 71.3 Å². The van der Waals surface area contributed by atoms with E-state index in [-0.39, 0.29) is 14.9 Å². The Bertz CT molecular complexity index is 1040. The highest BCUT2D eigenvalue weighted by Gasteiger charge is 2.29. The summed E-state index contributed by atoms with van der Waals surface area (Å²) >= 11 is 0. The Labute approximate surface area is 192 Å². The molecule has 0 spiro atoms. The Morgan fingerprint density at radius 1 is 0.903 bits per heavy atom. The average molecular weight is 427 g/mol. The fourth-order valence-electron chi connectivity index (χ4n) is 5.22. The van der Waals surface area contributed by atoms with Gasteiger partial charge in [0.1, 0.15) is 0 Å². The van der Waals surface area contributed by atoms with Crippen molar-refractivity contribution < 1.29 is 0 Å². The van der Waals surface area contributed by atoms with Crippen molar-refractivity contribution in [2.45, 2.75) is 77.3 Å². The summed E-state index contributed by atoms with van der Waals surface area (Å²) < 4.78 is 0. The minimum atomic E-state index is -0.328. The molecule has 0 saturated carbocycles. The lowest BCUT2D eigenvalue weighted by Crippen LogP contribution is -2.13. The molecule has 4 rings (SSSR count). The van der Waals surface area contributed by atoms with Crippen molar-refractivity contribution in [1.29, 1.82) is 0 Å². The molecule has 2 atom stereocenters. The number of allylic oxidation sites excluding steroid dienone is 5. The van der Waals surface area contributed by atoms with E-state index in [0.29, 0.717) is 5.54 Å². The molecule has 2 unspecified atom stereocenters. The molecule has 2 aromatic carbocycles. The molecular formula is C30H38Si. The maximum Gasteiger partial charge on any atom is 0.0467 e. The standard InChI is InChI=1S/C30H38Si/c1-7-8-10-22-17-20(2)28(19-22)31-29-21(3)18-27-25(11-9-12-26(27)29)23-13-15-24(16-14-23)30(4,5)6/h9,11-19,28-29H,7-8,10,31H2,1-6H3. The van der Waals surface area contributed by atoms with Crippen LogP contribution in [-0.4, -0.2) is 9.52 Å². The first kappa shape index (κ1) is 22.1. The summed E-state index contributed by atoms with van der Waals surface area (Å²) in [6, 6.07) is 16.2. The summed E-state index contributed by atoms with van der Waals surface area (Å²) in [6.07, 6.45) is 11.4. The summed E-state index contributed by atoms with van der Waals surface area (Å²) in [4.78, 5) is 0. The van der Waals surface area contributed by atoms with Gasteiger partial charge in [-0.3, -0.25) is 0 Å². The van der Waals surface area contributed by atoms with Gasteiger partial charge in [0.2, 0.25) is 0 Å². The maximum atomic E-state index is 2.61. The minimum absolute atomic E-state index is 0.195. The Morgan fingerprint density at radius 3 is 2.32 bits per heavy atom. The highest BCUT2D eigenvalue weighted by Crippen LogP contribution is 2.44. The van der Waals surface area contributed by atoms with Crippen molar-refractivity contribution in [3.05, 3.63) is 88.0 Å². The fourth-order valence-corrected chi connectivity index (χ4v) is 7.75. The molecule has 162 valence electrons. The summed E-state index contributed by atoms with van der Waals surface area (Å²) in [5, 5.41) is 0. The summed E-state index contributed by atoms with van der Waals surface area (Å²) in [6.45, 7) is 13.9. The normalized spacial score (nSPS) is 20.8. The maximum absolute atomic E-state index is 2.61. The van der Waals surface area contributed by atoms with Crippen LogP contribution in [0.25, 0.3) is 17.2 Å². The number of hydrogen-bond acceptors (Lipinski definition) is 0. The molecule has 0 fully saturated rings. The van der Waals surface area contributed by atoms with Gasteiger partial charge in [0.15, 0.2) is 0 Å². The van der Waals surface area contributed by atoms with Crippen LogP contribution in [-0.2, 0) is 5.41 Å². The molecule has 31 heavy (non-hydrogen) atoms. The summed E-state index contributed by atoms with van der Waals surface area (Å²) in [5.41, 5.74) is 13.5. The minimum Gasteiger partial charge on any atom is -0.0775 e. The lowest BCUT2D eigenvalue weighted by atomic mass is 9.86. The molecule has 0 heterocycles. The molecule has 2 aliphatic carbocycles. The number of hydrogen-bond donors (Lipinski definition) is 0. The van der Waals surface area contributed by atoms with Crippen LogP contribution in [0.4, 0.5) is 0 Å². The number of unbranched alkanes of at least 4 members (excludes halogenated alkanes) is 1. The number of rotatable bonds is 6. The van der Waals surface area contributed by atoms with Crippen molar-refractivity contribution in [1.82, 2.24) is 0 Å². The van der Waals surface area contributed by atoms with Crippen LogP contribution in [0.3, 0.4) is 0 Å². The van der Waals surface area contributed by atoms with Gasteiger partial charge < -0.3 is 0 Å². The molecule has 0 radical (unpaired) electrons. The van der Waals surface area contributed by atoms with E-state index in [1.165, 1.54) is 41.5 Å². The van der Waals surface area contributed by atoms with Gasteiger partial charge in [-0.05, 0) is 71.0 Å². The Balaban J connectivity index is 1.60. The zero-order chi connectivity index (χ0) is 22.2. The van der Waals surface area contributed by atoms with E-state index in [1.807, 2.05) is 0 Å². The van der Waals surface area contributed by atoms with E-state index in [2.05, 4.69) is 102 Å². The summed E-state index contributed by atoms with van der Waals surface area (Å²) in [5.74, 6) is 0. The van der Waals surface area contributed by atoms with Gasteiger partial charge in [-0.25, -0.2) is 0 Å². The molecular weight excluding hydrogens is 388 g/mol. The van der Waals surface area contributed by atoms with Gasteiger partial charge in [0.05, 0.1) is 0 Å². The quantitative estimate of drug-likeness (QED) is 0.409. The van der Waals surface area contributed by atoms with E-state index in [1.54, 1.807) is 22.3 Å². The van der Waals surface area contributed by atoms with E-state index in [4.69, 9.17) is 0 Å². The molecule has 0 bridgehead atoms. The van der Waals surface area contributed by atoms with Crippen LogP contribution in [0, 0.1) is 0 Å². The first-order valence-corrected chi connectivity index (χ1v) is 13.7. The lowest BCUT2D eigenvalue weighted by Gasteiger charge is -2.20. The predicted octanol–water partition coefficient (Wildman–Crippen LogP) is 8.14. The second kappa shape index (κ2) is 8.79. The van der Waals surface area contributed by atoms with Gasteiger partial charge in [0.25, 0.3) is 0 Å². The van der Waals surface area contributed by atoms with Gasteiger partial charge in [-0.1, -0.05) is 112 Å². The highest BCUT2D eigenvalue weighted by molar-refractivity contribution is 6.44. The highest BCUT2D eigenvalue weighted by atomic mass is 28.2. The van der Waals surface area contributed by atoms with Gasteiger partial charge >= 0.3 is 0 Å². The van der Waals surface area contributed by atoms with Crippen molar-refractivity contribution in [2.75, 3.05) is 0 Å². The third kappa shape index (κ3) is 4.57. The Morgan fingerprint density at radius 2 is 1.65 bits per heavy atom. The smallest absolute Gasteiger partial charge is 0.0467 e. The average Bonchev–Trinajstić information content (AvgIpc) is 3.25. The van der Waals surface area contributed by atoms with E-state index < -0.39 is 0 Å². The van der Waals surface area contributed by atoms with Crippen LogP contribution in [0.1, 0.15) is 83.0 Å². The van der Waals surface area contributed by atoms with Crippen molar-refractivity contribution >= 4 is 15.6 Å². The summed E-state index contributed by atoms with van der Waals surface area (Å²) in [7, 11) is -0.328. The van der Waals surface area contributed by atoms with E-state index in [0.717, 1.165) is 5.54 Å². The first-order chi connectivity index (χ1) is 14.8. The lowest BCUT2D eigenvalue weighted by molar-refractivity contribution is 0.590. The third-order valence-corrected chi connectivity index (χ3v) is 10.2. The number of fused-ring (bicyclic) bond motifs is 1. The zero-order valence-electron chi connectivity index (χ0n) is 20.3. The van der Waals surface area contributed by atoms with Gasteiger partial charge in [-0.15, -0.1) is 0 Å². The van der Waals surface area contributed by atoms with Crippen LogP contribution in [0.2, 0.25) is 5.54 Å². The second-order valence-corrected chi connectivity index (χ2v) is 12.8. The first-order valence-electron chi connectivity index (χ1n) is 12.1. The molecule has 0 N–H and O–H groups in total. The zero-order valence-corrected chi connectivity index (χ0v) is 21.7. The molecule has 0 nitrogen and oxygen atoms in total. The van der Waals surface area contributed by atoms with Gasteiger partial charge in [-0.2, -0.15) is 0 Å². The fraction of sp³-hybridized carbons (Fsp3) is 0.400. The molecule has 0 saturated heterocycles. The van der Waals surface area contributed by atoms with Crippen LogP contribution in [0.5, 0.6) is 0 Å². The Kier molecular flexibility index (Phi) is 6.26.